The van der Waals surface area contributed by atoms with Gasteiger partial charge in [-0.05, 0) is 37.9 Å². The number of carbonyl (C=O) groups excluding carboxylic acids is 1. The zero-order valence-corrected chi connectivity index (χ0v) is 12.4. The van der Waals surface area contributed by atoms with Crippen LogP contribution in [-0.4, -0.2) is 48.0 Å². The molecule has 2 aliphatic rings. The summed E-state index contributed by atoms with van der Waals surface area (Å²) in [6.07, 6.45) is 4.90. The standard InChI is InChI=1S/C16H24N4O/c21-16(13-4-8-17-11-13)19-14-5-9-20(10-6-14)12-15-3-1-2-7-18-15/h1-3,7,13-14,17H,4-6,8-12H2,(H,19,21)/t13-/m1/s1. The summed E-state index contributed by atoms with van der Waals surface area (Å²) < 4.78 is 0. The van der Waals surface area contributed by atoms with E-state index in [9.17, 15) is 4.79 Å². The van der Waals surface area contributed by atoms with Gasteiger partial charge in [-0.1, -0.05) is 6.07 Å². The van der Waals surface area contributed by atoms with E-state index < -0.39 is 0 Å². The molecule has 2 fully saturated rings. The lowest BCUT2D eigenvalue weighted by atomic mass is 10.0. The van der Waals surface area contributed by atoms with Gasteiger partial charge in [0.25, 0.3) is 0 Å². The van der Waals surface area contributed by atoms with Gasteiger partial charge in [0.15, 0.2) is 0 Å². The molecule has 21 heavy (non-hydrogen) atoms. The van der Waals surface area contributed by atoms with Crippen molar-refractivity contribution in [2.75, 3.05) is 26.2 Å². The molecule has 0 saturated carbocycles. The van der Waals surface area contributed by atoms with Gasteiger partial charge in [0.1, 0.15) is 0 Å². The van der Waals surface area contributed by atoms with Gasteiger partial charge in [0.2, 0.25) is 5.91 Å². The fourth-order valence-electron chi connectivity index (χ4n) is 3.15. The number of carbonyl (C=O) groups is 1. The van der Waals surface area contributed by atoms with E-state index in [1.54, 1.807) is 0 Å². The predicted octanol–water partition coefficient (Wildman–Crippen LogP) is 0.772. The molecule has 2 aliphatic heterocycles. The molecule has 1 aromatic heterocycles. The molecule has 0 spiro atoms. The van der Waals surface area contributed by atoms with Crippen molar-refractivity contribution in [3.05, 3.63) is 30.1 Å². The second-order valence-corrected chi connectivity index (χ2v) is 6.07. The molecule has 114 valence electrons. The Kier molecular flexibility index (Phi) is 4.83. The Hall–Kier alpha value is -1.46. The highest BCUT2D eigenvalue weighted by Gasteiger charge is 2.26. The highest BCUT2D eigenvalue weighted by atomic mass is 16.2. The molecule has 1 atom stereocenters. The zero-order valence-electron chi connectivity index (χ0n) is 12.4. The maximum absolute atomic E-state index is 12.1. The van der Waals surface area contributed by atoms with E-state index in [0.29, 0.717) is 6.04 Å². The third-order valence-corrected chi connectivity index (χ3v) is 4.48. The van der Waals surface area contributed by atoms with Gasteiger partial charge < -0.3 is 10.6 Å². The third kappa shape index (κ3) is 4.02. The van der Waals surface area contributed by atoms with Gasteiger partial charge in [-0.15, -0.1) is 0 Å². The maximum atomic E-state index is 12.1. The molecule has 5 nitrogen and oxygen atoms in total. The van der Waals surface area contributed by atoms with Gasteiger partial charge in [-0.3, -0.25) is 14.7 Å². The lowest BCUT2D eigenvalue weighted by Crippen LogP contribution is -2.46. The highest BCUT2D eigenvalue weighted by Crippen LogP contribution is 2.15. The van der Waals surface area contributed by atoms with Crippen LogP contribution in [-0.2, 0) is 11.3 Å². The summed E-state index contributed by atoms with van der Waals surface area (Å²) in [5, 5.41) is 6.47. The van der Waals surface area contributed by atoms with E-state index in [4.69, 9.17) is 0 Å². The third-order valence-electron chi connectivity index (χ3n) is 4.48. The van der Waals surface area contributed by atoms with Crippen molar-refractivity contribution < 1.29 is 4.79 Å². The highest BCUT2D eigenvalue weighted by molar-refractivity contribution is 5.79. The summed E-state index contributed by atoms with van der Waals surface area (Å²) in [6, 6.07) is 6.40. The first kappa shape index (κ1) is 14.5. The first-order chi connectivity index (χ1) is 10.3. The van der Waals surface area contributed by atoms with Gasteiger partial charge in [-0.2, -0.15) is 0 Å². The predicted molar refractivity (Wildman–Crippen MR) is 81.7 cm³/mol. The van der Waals surface area contributed by atoms with Crippen molar-refractivity contribution in [2.45, 2.75) is 31.8 Å². The molecule has 3 rings (SSSR count). The number of hydrogen-bond donors (Lipinski definition) is 2. The lowest BCUT2D eigenvalue weighted by molar-refractivity contribution is -0.125. The van der Waals surface area contributed by atoms with Crippen LogP contribution in [0.1, 0.15) is 25.0 Å². The summed E-state index contributed by atoms with van der Waals surface area (Å²) in [6.45, 7) is 4.79. The Balaban J connectivity index is 1.41. The summed E-state index contributed by atoms with van der Waals surface area (Å²) >= 11 is 0. The molecule has 5 heteroatoms. The summed E-state index contributed by atoms with van der Waals surface area (Å²) in [7, 11) is 0. The Morgan fingerprint density at radius 3 is 2.86 bits per heavy atom. The van der Waals surface area contributed by atoms with E-state index >= 15 is 0 Å². The fourth-order valence-corrected chi connectivity index (χ4v) is 3.15. The maximum Gasteiger partial charge on any atom is 0.224 e. The van der Waals surface area contributed by atoms with Crippen LogP contribution >= 0.6 is 0 Å². The van der Waals surface area contributed by atoms with Crippen molar-refractivity contribution in [3.8, 4) is 0 Å². The Bertz CT molecular complexity index is 451. The van der Waals surface area contributed by atoms with E-state index in [1.807, 2.05) is 18.3 Å². The van der Waals surface area contributed by atoms with Crippen molar-refractivity contribution in [3.63, 3.8) is 0 Å². The van der Waals surface area contributed by atoms with Crippen LogP contribution in [0.25, 0.3) is 0 Å². The molecular weight excluding hydrogens is 264 g/mol. The van der Waals surface area contributed by atoms with Crippen molar-refractivity contribution in [2.24, 2.45) is 5.92 Å². The van der Waals surface area contributed by atoms with Gasteiger partial charge in [0, 0.05) is 38.4 Å². The van der Waals surface area contributed by atoms with Gasteiger partial charge >= 0.3 is 0 Å². The molecule has 3 heterocycles. The Morgan fingerprint density at radius 1 is 1.33 bits per heavy atom. The average molecular weight is 288 g/mol. The zero-order chi connectivity index (χ0) is 14.5. The van der Waals surface area contributed by atoms with Crippen LogP contribution in [0.3, 0.4) is 0 Å². The molecule has 1 amide bonds. The number of pyridine rings is 1. The summed E-state index contributed by atoms with van der Waals surface area (Å²) in [5.41, 5.74) is 1.12. The van der Waals surface area contributed by atoms with Crippen molar-refractivity contribution >= 4 is 5.91 Å². The molecule has 0 bridgehead atoms. The molecule has 2 saturated heterocycles. The number of likely N-dealkylation sites (tertiary alicyclic amines) is 1. The summed E-state index contributed by atoms with van der Waals surface area (Å²) in [5.74, 6) is 0.416. The fraction of sp³-hybridized carbons (Fsp3) is 0.625. The number of aromatic nitrogens is 1. The first-order valence-electron chi connectivity index (χ1n) is 7.94. The SMILES string of the molecule is O=C(NC1CCN(Cc2ccccn2)CC1)[C@@H]1CCNC1. The van der Waals surface area contributed by atoms with E-state index in [2.05, 4.69) is 26.6 Å². The molecule has 2 N–H and O–H groups in total. The van der Waals surface area contributed by atoms with Crippen LogP contribution in [0.2, 0.25) is 0 Å². The normalized spacial score (nSPS) is 24.1. The lowest BCUT2D eigenvalue weighted by Gasteiger charge is -2.32. The monoisotopic (exact) mass is 288 g/mol. The van der Waals surface area contributed by atoms with Crippen molar-refractivity contribution in [1.82, 2.24) is 20.5 Å². The molecule has 0 radical (unpaired) electrons. The number of hydrogen-bond acceptors (Lipinski definition) is 4. The minimum atomic E-state index is 0.177. The second-order valence-electron chi connectivity index (χ2n) is 6.07. The minimum absolute atomic E-state index is 0.177. The Morgan fingerprint density at radius 2 is 2.19 bits per heavy atom. The van der Waals surface area contributed by atoms with E-state index in [-0.39, 0.29) is 11.8 Å². The van der Waals surface area contributed by atoms with Crippen LogP contribution in [0.5, 0.6) is 0 Å². The second kappa shape index (κ2) is 7.00. The van der Waals surface area contributed by atoms with Crippen LogP contribution in [0, 0.1) is 5.92 Å². The molecule has 1 aromatic rings. The summed E-state index contributed by atoms with van der Waals surface area (Å²) in [4.78, 5) is 18.9. The van der Waals surface area contributed by atoms with Crippen LogP contribution in [0.15, 0.2) is 24.4 Å². The minimum Gasteiger partial charge on any atom is -0.353 e. The first-order valence-corrected chi connectivity index (χ1v) is 7.94. The number of amides is 1. The van der Waals surface area contributed by atoms with E-state index in [0.717, 1.165) is 57.7 Å². The largest absolute Gasteiger partial charge is 0.353 e. The number of piperidine rings is 1. The van der Waals surface area contributed by atoms with Crippen molar-refractivity contribution in [1.29, 1.82) is 0 Å². The number of rotatable bonds is 4. The number of nitrogens with one attached hydrogen (secondary N) is 2. The van der Waals surface area contributed by atoms with Gasteiger partial charge in [-0.25, -0.2) is 0 Å². The molecule has 0 aromatic carbocycles. The number of nitrogens with zero attached hydrogens (tertiary/aromatic N) is 2. The molecular formula is C16H24N4O. The van der Waals surface area contributed by atoms with E-state index in [1.165, 1.54) is 0 Å². The Labute approximate surface area is 126 Å². The molecule has 0 aliphatic carbocycles. The quantitative estimate of drug-likeness (QED) is 0.859. The average Bonchev–Trinajstić information content (AvgIpc) is 3.05. The van der Waals surface area contributed by atoms with Crippen LogP contribution < -0.4 is 10.6 Å². The topological polar surface area (TPSA) is 57.3 Å². The van der Waals surface area contributed by atoms with Crippen LogP contribution in [0.4, 0.5) is 0 Å². The molecule has 0 unspecified atom stereocenters. The van der Waals surface area contributed by atoms with Gasteiger partial charge in [0.05, 0.1) is 11.6 Å². The smallest absolute Gasteiger partial charge is 0.224 e.